The Hall–Kier alpha value is -2.91. The first-order valence-electron chi connectivity index (χ1n) is 9.14. The first-order valence-corrected chi connectivity index (χ1v) is 10.7. The fourth-order valence-electron chi connectivity index (χ4n) is 3.27. The molecular weight excluding hydrogens is 394 g/mol. The Morgan fingerprint density at radius 2 is 1.93 bits per heavy atom. The van der Waals surface area contributed by atoms with Gasteiger partial charge in [-0.1, -0.05) is 19.1 Å². The van der Waals surface area contributed by atoms with E-state index in [4.69, 9.17) is 9.88 Å². The van der Waals surface area contributed by atoms with Crippen LogP contribution in [0.3, 0.4) is 0 Å². The number of carbonyl (C=O) groups excluding carboxylic acids is 2. The molecule has 9 heteroatoms. The standard InChI is InChI=1S/C20H23N3O5S/c1-3-13-4-7-16(8-5-13)23-12-14(10-19(23)24)20(25)22-15-6-9-17(28-2)18(11-15)29(21,26)27/h4-9,11,14H,3,10,12H2,1-2H3,(H,22,25)(H2,21,26,27)/t14-/m0/s1. The molecule has 2 aromatic rings. The molecule has 1 aliphatic rings. The second kappa shape index (κ2) is 8.22. The highest BCUT2D eigenvalue weighted by Crippen LogP contribution is 2.29. The normalized spacial score (nSPS) is 16.7. The fraction of sp³-hybridized carbons (Fsp3) is 0.300. The number of nitrogens with one attached hydrogen (secondary N) is 1. The number of nitrogens with two attached hydrogens (primary N) is 1. The average Bonchev–Trinajstić information content (AvgIpc) is 3.09. The SMILES string of the molecule is CCc1ccc(N2C[C@@H](C(=O)Nc3ccc(OC)c(S(N)(=O)=O)c3)CC2=O)cc1. The lowest BCUT2D eigenvalue weighted by molar-refractivity contribution is -0.122. The van der Waals surface area contributed by atoms with E-state index in [0.29, 0.717) is 0 Å². The third-order valence-electron chi connectivity index (χ3n) is 4.89. The smallest absolute Gasteiger partial charge is 0.241 e. The van der Waals surface area contributed by atoms with Crippen LogP contribution in [-0.4, -0.2) is 33.9 Å². The molecule has 29 heavy (non-hydrogen) atoms. The number of primary sulfonamides is 1. The van der Waals surface area contributed by atoms with Crippen LogP contribution < -0.4 is 20.1 Å². The van der Waals surface area contributed by atoms with Crippen LogP contribution in [0.5, 0.6) is 5.75 Å². The van der Waals surface area contributed by atoms with E-state index in [9.17, 15) is 18.0 Å². The van der Waals surface area contributed by atoms with Gasteiger partial charge in [0.05, 0.1) is 13.0 Å². The number of methoxy groups -OCH3 is 1. The molecule has 1 fully saturated rings. The molecule has 0 aromatic heterocycles. The Morgan fingerprint density at radius 3 is 2.52 bits per heavy atom. The largest absolute Gasteiger partial charge is 0.495 e. The number of amides is 2. The monoisotopic (exact) mass is 417 g/mol. The van der Waals surface area contributed by atoms with Crippen molar-refractivity contribution in [1.29, 1.82) is 0 Å². The number of hydrogen-bond acceptors (Lipinski definition) is 5. The summed E-state index contributed by atoms with van der Waals surface area (Å²) < 4.78 is 28.5. The highest BCUT2D eigenvalue weighted by molar-refractivity contribution is 7.89. The molecule has 1 aliphatic heterocycles. The summed E-state index contributed by atoms with van der Waals surface area (Å²) in [4.78, 5) is 26.4. The van der Waals surface area contributed by atoms with E-state index in [1.165, 1.54) is 30.9 Å². The van der Waals surface area contributed by atoms with Crippen molar-refractivity contribution in [3.8, 4) is 5.75 Å². The van der Waals surface area contributed by atoms with E-state index in [1.807, 2.05) is 24.3 Å². The second-order valence-electron chi connectivity index (χ2n) is 6.83. The van der Waals surface area contributed by atoms with Crippen molar-refractivity contribution in [1.82, 2.24) is 0 Å². The van der Waals surface area contributed by atoms with Crippen molar-refractivity contribution < 1.29 is 22.7 Å². The number of benzene rings is 2. The van der Waals surface area contributed by atoms with E-state index >= 15 is 0 Å². The Kier molecular flexibility index (Phi) is 5.90. The zero-order valence-corrected chi connectivity index (χ0v) is 17.0. The maximum absolute atomic E-state index is 12.7. The van der Waals surface area contributed by atoms with Crippen LogP contribution >= 0.6 is 0 Å². The van der Waals surface area contributed by atoms with Gasteiger partial charge in [0, 0.05) is 24.3 Å². The summed E-state index contributed by atoms with van der Waals surface area (Å²) in [5, 5.41) is 7.87. The lowest BCUT2D eigenvalue weighted by Crippen LogP contribution is -2.28. The molecule has 2 amide bonds. The molecule has 1 saturated heterocycles. The maximum Gasteiger partial charge on any atom is 0.241 e. The number of sulfonamides is 1. The van der Waals surface area contributed by atoms with Crippen molar-refractivity contribution in [3.05, 3.63) is 48.0 Å². The quantitative estimate of drug-likeness (QED) is 0.744. The van der Waals surface area contributed by atoms with E-state index in [2.05, 4.69) is 12.2 Å². The molecule has 1 heterocycles. The lowest BCUT2D eigenvalue weighted by Gasteiger charge is -2.17. The average molecular weight is 417 g/mol. The van der Waals surface area contributed by atoms with Crippen molar-refractivity contribution in [2.75, 3.05) is 23.9 Å². The van der Waals surface area contributed by atoms with Crippen LogP contribution in [0.4, 0.5) is 11.4 Å². The van der Waals surface area contributed by atoms with Gasteiger partial charge >= 0.3 is 0 Å². The van der Waals surface area contributed by atoms with Gasteiger partial charge in [-0.05, 0) is 42.3 Å². The van der Waals surface area contributed by atoms with E-state index in [1.54, 1.807) is 4.90 Å². The van der Waals surface area contributed by atoms with Crippen LogP contribution in [0, 0.1) is 5.92 Å². The van der Waals surface area contributed by atoms with E-state index in [-0.39, 0.29) is 41.1 Å². The van der Waals surface area contributed by atoms with Gasteiger partial charge < -0.3 is 15.0 Å². The molecular formula is C20H23N3O5S. The summed E-state index contributed by atoms with van der Waals surface area (Å²) in [7, 11) is -2.69. The number of carbonyl (C=O) groups is 2. The number of anilines is 2. The number of ether oxygens (including phenoxy) is 1. The minimum Gasteiger partial charge on any atom is -0.495 e. The molecule has 1 atom stereocenters. The minimum atomic E-state index is -4.02. The molecule has 2 aromatic carbocycles. The molecule has 154 valence electrons. The molecule has 3 N–H and O–H groups in total. The van der Waals surface area contributed by atoms with Gasteiger partial charge in [0.25, 0.3) is 0 Å². The van der Waals surface area contributed by atoms with Gasteiger partial charge in [0.2, 0.25) is 21.8 Å². The van der Waals surface area contributed by atoms with Crippen molar-refractivity contribution >= 4 is 33.2 Å². The number of nitrogens with zero attached hydrogens (tertiary/aromatic N) is 1. The van der Waals surface area contributed by atoms with Crippen molar-refractivity contribution in [2.24, 2.45) is 11.1 Å². The summed E-state index contributed by atoms with van der Waals surface area (Å²) >= 11 is 0. The van der Waals surface area contributed by atoms with Crippen molar-refractivity contribution in [2.45, 2.75) is 24.7 Å². The Bertz CT molecular complexity index is 1030. The molecule has 0 spiro atoms. The van der Waals surface area contributed by atoms with Gasteiger partial charge in [-0.25, -0.2) is 13.6 Å². The molecule has 8 nitrogen and oxygen atoms in total. The van der Waals surface area contributed by atoms with Crippen LogP contribution in [0.2, 0.25) is 0 Å². The zero-order chi connectivity index (χ0) is 21.2. The molecule has 3 rings (SSSR count). The summed E-state index contributed by atoms with van der Waals surface area (Å²) in [6.07, 6.45) is 0.987. The topological polar surface area (TPSA) is 119 Å². The second-order valence-corrected chi connectivity index (χ2v) is 8.36. The molecule has 0 radical (unpaired) electrons. The number of hydrogen-bond donors (Lipinski definition) is 2. The minimum absolute atomic E-state index is 0.0829. The van der Waals surface area contributed by atoms with Gasteiger partial charge in [0.15, 0.2) is 0 Å². The third-order valence-corrected chi connectivity index (χ3v) is 5.82. The highest BCUT2D eigenvalue weighted by atomic mass is 32.2. The Labute approximate surface area is 169 Å². The lowest BCUT2D eigenvalue weighted by atomic mass is 10.1. The Morgan fingerprint density at radius 1 is 1.24 bits per heavy atom. The number of rotatable bonds is 6. The van der Waals surface area contributed by atoms with Crippen LogP contribution in [0.1, 0.15) is 18.9 Å². The first-order chi connectivity index (χ1) is 13.7. The predicted molar refractivity (Wildman–Crippen MR) is 109 cm³/mol. The van der Waals surface area contributed by atoms with E-state index in [0.717, 1.165) is 12.1 Å². The first kappa shape index (κ1) is 20.8. The van der Waals surface area contributed by atoms with Crippen molar-refractivity contribution in [3.63, 3.8) is 0 Å². The van der Waals surface area contributed by atoms with Crippen LogP contribution in [0.25, 0.3) is 0 Å². The molecule has 0 saturated carbocycles. The van der Waals surface area contributed by atoms with Gasteiger partial charge in [-0.3, -0.25) is 9.59 Å². The van der Waals surface area contributed by atoms with Crippen LogP contribution in [-0.2, 0) is 26.0 Å². The van der Waals surface area contributed by atoms with Gasteiger partial charge in [-0.2, -0.15) is 0 Å². The van der Waals surface area contributed by atoms with Gasteiger partial charge in [-0.15, -0.1) is 0 Å². The molecule has 0 aliphatic carbocycles. The fourth-order valence-corrected chi connectivity index (χ4v) is 3.99. The number of aryl methyl sites for hydroxylation is 1. The summed E-state index contributed by atoms with van der Waals surface area (Å²) in [6, 6.07) is 11.8. The predicted octanol–water partition coefficient (Wildman–Crippen LogP) is 1.90. The maximum atomic E-state index is 12.7. The van der Waals surface area contributed by atoms with Gasteiger partial charge in [0.1, 0.15) is 10.6 Å². The summed E-state index contributed by atoms with van der Waals surface area (Å²) in [6.45, 7) is 2.31. The van der Waals surface area contributed by atoms with E-state index < -0.39 is 15.9 Å². The molecule has 0 unspecified atom stereocenters. The summed E-state index contributed by atoms with van der Waals surface area (Å²) in [5.41, 5.74) is 2.18. The Balaban J connectivity index is 1.74. The highest BCUT2D eigenvalue weighted by Gasteiger charge is 2.35. The third kappa shape index (κ3) is 4.57. The zero-order valence-electron chi connectivity index (χ0n) is 16.2. The summed E-state index contributed by atoms with van der Waals surface area (Å²) in [5.74, 6) is -0.956. The van der Waals surface area contributed by atoms with Crippen LogP contribution in [0.15, 0.2) is 47.4 Å². The molecule has 0 bridgehead atoms.